The Morgan fingerprint density at radius 3 is 2.67 bits per heavy atom. The molecule has 1 aromatic carbocycles. The summed E-state index contributed by atoms with van der Waals surface area (Å²) in [6.07, 6.45) is 1.90. The molecule has 2 amide bonds. The number of carbonyl (C=O) groups excluding carboxylic acids is 2. The first-order valence-electron chi connectivity index (χ1n) is 10.3. The summed E-state index contributed by atoms with van der Waals surface area (Å²) in [5.41, 5.74) is 3.32. The van der Waals surface area contributed by atoms with Crippen LogP contribution in [0.2, 0.25) is 0 Å². The molecule has 8 heteroatoms. The second-order valence-corrected chi connectivity index (χ2v) is 7.78. The Kier molecular flexibility index (Phi) is 4.61. The number of benzene rings is 1. The summed E-state index contributed by atoms with van der Waals surface area (Å²) < 4.78 is 7.33. The maximum atomic E-state index is 12.5. The van der Waals surface area contributed by atoms with E-state index in [4.69, 9.17) is 4.74 Å². The van der Waals surface area contributed by atoms with Gasteiger partial charge in [-0.05, 0) is 38.0 Å². The number of aryl methyl sites for hydroxylation is 1. The molecule has 2 aliphatic rings. The van der Waals surface area contributed by atoms with Gasteiger partial charge in [-0.1, -0.05) is 18.2 Å². The molecule has 0 N–H and O–H groups in total. The van der Waals surface area contributed by atoms with Gasteiger partial charge in [0.05, 0.1) is 17.9 Å². The second-order valence-electron chi connectivity index (χ2n) is 7.78. The summed E-state index contributed by atoms with van der Waals surface area (Å²) in [7, 11) is 0. The normalized spacial score (nSPS) is 16.3. The Morgan fingerprint density at radius 1 is 1.10 bits per heavy atom. The smallest absolute Gasteiger partial charge is 0.391 e. The lowest BCUT2D eigenvalue weighted by atomic mass is 10.1. The minimum atomic E-state index is -0.399. The fourth-order valence-electron chi connectivity index (χ4n) is 4.14. The molecule has 0 saturated carbocycles. The molecule has 0 atom stereocenters. The van der Waals surface area contributed by atoms with Crippen LogP contribution in [0.15, 0.2) is 36.4 Å². The summed E-state index contributed by atoms with van der Waals surface area (Å²) in [5, 5.41) is 5.58. The van der Waals surface area contributed by atoms with Crippen molar-refractivity contribution in [3.05, 3.63) is 47.7 Å². The zero-order chi connectivity index (χ0) is 20.7. The molecule has 0 bridgehead atoms. The SMILES string of the molecule is Cc1nn(-c2ccccc2)c2nc3c(cc12)CN(CCCN1CCCC1=O)C(=O)O3. The van der Waals surface area contributed by atoms with Crippen LogP contribution in [0, 0.1) is 6.92 Å². The maximum Gasteiger partial charge on any atom is 0.416 e. The molecule has 2 aliphatic heterocycles. The van der Waals surface area contributed by atoms with Crippen molar-refractivity contribution in [2.24, 2.45) is 0 Å². The number of ether oxygens (including phenoxy) is 1. The summed E-state index contributed by atoms with van der Waals surface area (Å²) in [6.45, 7) is 4.44. The molecule has 30 heavy (non-hydrogen) atoms. The third-order valence-electron chi connectivity index (χ3n) is 5.71. The van der Waals surface area contributed by atoms with Gasteiger partial charge < -0.3 is 14.5 Å². The molecule has 4 heterocycles. The molecule has 1 saturated heterocycles. The number of hydrogen-bond acceptors (Lipinski definition) is 5. The number of fused-ring (bicyclic) bond motifs is 2. The van der Waals surface area contributed by atoms with Crippen molar-refractivity contribution < 1.29 is 14.3 Å². The predicted octanol–water partition coefficient (Wildman–Crippen LogP) is 3.06. The van der Waals surface area contributed by atoms with Crippen molar-refractivity contribution in [1.82, 2.24) is 24.6 Å². The number of para-hydroxylation sites is 1. The first kappa shape index (κ1) is 18.6. The standard InChI is InChI=1S/C22H23N5O3/c1-15-18-13-16-14-26(12-6-11-25-10-5-9-19(25)28)22(29)30-21(16)23-20(18)27(24-15)17-7-3-2-4-8-17/h2-4,7-8,13H,5-6,9-12,14H2,1H3. The number of rotatable bonds is 5. The third-order valence-corrected chi connectivity index (χ3v) is 5.71. The lowest BCUT2D eigenvalue weighted by Gasteiger charge is -2.28. The van der Waals surface area contributed by atoms with Gasteiger partial charge in [-0.25, -0.2) is 9.48 Å². The highest BCUT2D eigenvalue weighted by molar-refractivity contribution is 5.83. The zero-order valence-corrected chi connectivity index (χ0v) is 16.9. The van der Waals surface area contributed by atoms with E-state index in [1.807, 2.05) is 48.2 Å². The molecule has 2 aromatic heterocycles. The molecule has 0 spiro atoms. The highest BCUT2D eigenvalue weighted by Crippen LogP contribution is 2.30. The largest absolute Gasteiger partial charge is 0.416 e. The topological polar surface area (TPSA) is 80.6 Å². The van der Waals surface area contributed by atoms with Crippen LogP contribution in [0.1, 0.15) is 30.5 Å². The van der Waals surface area contributed by atoms with Crippen LogP contribution in [-0.4, -0.2) is 56.2 Å². The van der Waals surface area contributed by atoms with Crippen LogP contribution in [0.5, 0.6) is 5.88 Å². The van der Waals surface area contributed by atoms with E-state index in [2.05, 4.69) is 10.1 Å². The fraction of sp³-hybridized carbons (Fsp3) is 0.364. The Balaban J connectivity index is 1.37. The number of carbonyl (C=O) groups is 2. The van der Waals surface area contributed by atoms with E-state index in [1.165, 1.54) is 0 Å². The third kappa shape index (κ3) is 3.28. The molecule has 3 aromatic rings. The van der Waals surface area contributed by atoms with Crippen molar-refractivity contribution in [2.45, 2.75) is 32.7 Å². The molecule has 1 fully saturated rings. The molecule has 0 aliphatic carbocycles. The molecule has 0 radical (unpaired) electrons. The van der Waals surface area contributed by atoms with E-state index in [1.54, 1.807) is 9.58 Å². The lowest BCUT2D eigenvalue weighted by molar-refractivity contribution is -0.127. The van der Waals surface area contributed by atoms with Crippen LogP contribution in [0.25, 0.3) is 16.7 Å². The van der Waals surface area contributed by atoms with Crippen molar-refractivity contribution in [3.63, 3.8) is 0 Å². The summed E-state index contributed by atoms with van der Waals surface area (Å²) in [5.74, 6) is 0.551. The first-order chi connectivity index (χ1) is 14.6. The van der Waals surface area contributed by atoms with Gasteiger partial charge in [-0.15, -0.1) is 0 Å². The average molecular weight is 405 g/mol. The van der Waals surface area contributed by atoms with Gasteiger partial charge in [0.1, 0.15) is 0 Å². The minimum absolute atomic E-state index is 0.207. The second kappa shape index (κ2) is 7.44. The van der Waals surface area contributed by atoms with Gasteiger partial charge in [0.15, 0.2) is 5.65 Å². The fourth-order valence-corrected chi connectivity index (χ4v) is 4.14. The molecular formula is C22H23N5O3. The zero-order valence-electron chi connectivity index (χ0n) is 16.9. The van der Waals surface area contributed by atoms with Crippen molar-refractivity contribution in [1.29, 1.82) is 0 Å². The van der Waals surface area contributed by atoms with E-state index in [0.29, 0.717) is 37.6 Å². The Hall–Kier alpha value is -3.42. The van der Waals surface area contributed by atoms with Crippen LogP contribution in [0.4, 0.5) is 4.79 Å². The number of likely N-dealkylation sites (tertiary alicyclic amines) is 1. The van der Waals surface area contributed by atoms with Crippen molar-refractivity contribution >= 4 is 23.0 Å². The highest BCUT2D eigenvalue weighted by Gasteiger charge is 2.28. The van der Waals surface area contributed by atoms with Gasteiger partial charge >= 0.3 is 6.09 Å². The number of amides is 2. The molecular weight excluding hydrogens is 382 g/mol. The molecule has 5 rings (SSSR count). The monoisotopic (exact) mass is 405 g/mol. The summed E-state index contributed by atoms with van der Waals surface area (Å²) >= 11 is 0. The number of hydrogen-bond donors (Lipinski definition) is 0. The van der Waals surface area contributed by atoms with E-state index in [-0.39, 0.29) is 5.91 Å². The molecule has 8 nitrogen and oxygen atoms in total. The van der Waals surface area contributed by atoms with Crippen molar-refractivity contribution in [2.75, 3.05) is 19.6 Å². The van der Waals surface area contributed by atoms with Crippen LogP contribution >= 0.6 is 0 Å². The van der Waals surface area contributed by atoms with E-state index in [9.17, 15) is 9.59 Å². The molecule has 0 unspecified atom stereocenters. The highest BCUT2D eigenvalue weighted by atomic mass is 16.6. The van der Waals surface area contributed by atoms with Crippen LogP contribution in [0.3, 0.4) is 0 Å². The quantitative estimate of drug-likeness (QED) is 0.652. The average Bonchev–Trinajstić information content (AvgIpc) is 3.30. The van der Waals surface area contributed by atoms with Crippen LogP contribution < -0.4 is 4.74 Å². The van der Waals surface area contributed by atoms with E-state index < -0.39 is 6.09 Å². The maximum absolute atomic E-state index is 12.5. The van der Waals surface area contributed by atoms with Gasteiger partial charge in [-0.2, -0.15) is 10.1 Å². The Bertz CT molecular complexity index is 1120. The van der Waals surface area contributed by atoms with E-state index in [0.717, 1.165) is 41.7 Å². The number of nitrogens with zero attached hydrogens (tertiary/aromatic N) is 5. The molecule has 154 valence electrons. The summed E-state index contributed by atoms with van der Waals surface area (Å²) in [4.78, 5) is 32.4. The minimum Gasteiger partial charge on any atom is -0.391 e. The van der Waals surface area contributed by atoms with Gasteiger partial charge in [-0.3, -0.25) is 4.79 Å². The van der Waals surface area contributed by atoms with E-state index >= 15 is 0 Å². The van der Waals surface area contributed by atoms with Crippen LogP contribution in [-0.2, 0) is 11.3 Å². The predicted molar refractivity (Wildman–Crippen MR) is 110 cm³/mol. The van der Waals surface area contributed by atoms with Gasteiger partial charge in [0.25, 0.3) is 0 Å². The first-order valence-corrected chi connectivity index (χ1v) is 10.3. The number of pyridine rings is 1. The number of aromatic nitrogens is 3. The van der Waals surface area contributed by atoms with Crippen molar-refractivity contribution in [3.8, 4) is 11.6 Å². The van der Waals surface area contributed by atoms with Gasteiger partial charge in [0.2, 0.25) is 11.8 Å². The van der Waals surface area contributed by atoms with Gasteiger partial charge in [0, 0.05) is 37.0 Å². The Morgan fingerprint density at radius 2 is 1.90 bits per heavy atom. The Labute approximate surface area is 174 Å². The lowest BCUT2D eigenvalue weighted by Crippen LogP contribution is -2.39. The summed E-state index contributed by atoms with van der Waals surface area (Å²) in [6, 6.07) is 11.8.